The molecule has 3 atom stereocenters. The number of fused-ring (bicyclic) bond motifs is 1. The maximum Gasteiger partial charge on any atom is 0.411 e. The first-order valence-corrected chi connectivity index (χ1v) is 7.10. The van der Waals surface area contributed by atoms with E-state index in [2.05, 4.69) is 0 Å². The Morgan fingerprint density at radius 3 is 2.42 bits per heavy atom. The smallest absolute Gasteiger partial charge is 0.411 e. The lowest BCUT2D eigenvalue weighted by atomic mass is 9.85. The molecule has 1 aliphatic heterocycles. The predicted octanol–water partition coefficient (Wildman–Crippen LogP) is 2.04. The molecular weight excluding hydrogens is 244 g/mol. The summed E-state index contributed by atoms with van der Waals surface area (Å²) >= 11 is 0. The first-order valence-electron chi connectivity index (χ1n) is 7.10. The molecule has 0 bridgehead atoms. The predicted molar refractivity (Wildman–Crippen MR) is 71.4 cm³/mol. The van der Waals surface area contributed by atoms with E-state index in [0.29, 0.717) is 12.3 Å². The van der Waals surface area contributed by atoms with Crippen LogP contribution in [0.5, 0.6) is 0 Å². The van der Waals surface area contributed by atoms with Gasteiger partial charge >= 0.3 is 6.09 Å². The molecule has 1 aliphatic carbocycles. The van der Waals surface area contributed by atoms with Crippen LogP contribution in [0, 0.1) is 5.92 Å². The van der Waals surface area contributed by atoms with E-state index in [4.69, 9.17) is 10.5 Å². The van der Waals surface area contributed by atoms with Crippen LogP contribution in [0.2, 0.25) is 0 Å². The van der Waals surface area contributed by atoms with Crippen LogP contribution in [-0.4, -0.2) is 34.6 Å². The average Bonchev–Trinajstić information content (AvgIpc) is 2.65. The summed E-state index contributed by atoms with van der Waals surface area (Å²) < 4.78 is 5.43. The third-order valence-corrected chi connectivity index (χ3v) is 4.02. The lowest BCUT2D eigenvalue weighted by molar-refractivity contribution is -0.122. The van der Waals surface area contributed by atoms with Crippen molar-refractivity contribution in [3.8, 4) is 0 Å². The third kappa shape index (κ3) is 3.01. The van der Waals surface area contributed by atoms with Gasteiger partial charge in [0.05, 0.1) is 0 Å². The summed E-state index contributed by atoms with van der Waals surface area (Å²) in [5.41, 5.74) is 4.91. The third-order valence-electron chi connectivity index (χ3n) is 4.02. The monoisotopic (exact) mass is 268 g/mol. The van der Waals surface area contributed by atoms with Crippen LogP contribution in [-0.2, 0) is 9.53 Å². The normalized spacial score (nSPS) is 30.9. The molecule has 2 fully saturated rings. The minimum atomic E-state index is -0.550. The largest absolute Gasteiger partial charge is 0.444 e. The van der Waals surface area contributed by atoms with Crippen molar-refractivity contribution < 1.29 is 14.3 Å². The van der Waals surface area contributed by atoms with Crippen molar-refractivity contribution in [2.45, 2.75) is 70.6 Å². The van der Waals surface area contributed by atoms with Crippen molar-refractivity contribution in [3.05, 3.63) is 0 Å². The zero-order chi connectivity index (χ0) is 14.2. The molecule has 0 aromatic rings. The first-order chi connectivity index (χ1) is 8.79. The summed E-state index contributed by atoms with van der Waals surface area (Å²) in [4.78, 5) is 25.5. The van der Waals surface area contributed by atoms with Crippen molar-refractivity contribution in [1.82, 2.24) is 4.90 Å². The van der Waals surface area contributed by atoms with Gasteiger partial charge in [0.1, 0.15) is 11.6 Å². The van der Waals surface area contributed by atoms with Crippen LogP contribution in [0.4, 0.5) is 4.79 Å². The summed E-state index contributed by atoms with van der Waals surface area (Å²) in [6, 6.07) is -0.371. The van der Waals surface area contributed by atoms with Crippen molar-refractivity contribution in [2.75, 3.05) is 0 Å². The Morgan fingerprint density at radius 1 is 1.21 bits per heavy atom. The molecule has 0 spiro atoms. The highest BCUT2D eigenvalue weighted by atomic mass is 16.6. The van der Waals surface area contributed by atoms with Gasteiger partial charge in [-0.1, -0.05) is 12.8 Å². The van der Waals surface area contributed by atoms with Crippen molar-refractivity contribution in [1.29, 1.82) is 0 Å². The van der Waals surface area contributed by atoms with E-state index in [0.717, 1.165) is 19.3 Å². The number of nitrogens with zero attached hydrogens (tertiary/aromatic N) is 1. The molecule has 0 aromatic carbocycles. The molecule has 2 N–H and O–H groups in total. The second-order valence-corrected chi connectivity index (χ2v) is 6.65. The zero-order valence-electron chi connectivity index (χ0n) is 12.0. The fourth-order valence-electron chi connectivity index (χ4n) is 3.29. The molecule has 19 heavy (non-hydrogen) atoms. The van der Waals surface area contributed by atoms with Gasteiger partial charge in [-0.2, -0.15) is 0 Å². The Balaban J connectivity index is 2.17. The van der Waals surface area contributed by atoms with Crippen LogP contribution < -0.4 is 5.73 Å². The molecule has 1 saturated heterocycles. The lowest BCUT2D eigenvalue weighted by Crippen LogP contribution is -2.49. The van der Waals surface area contributed by atoms with Crippen LogP contribution in [0.25, 0.3) is 0 Å². The maximum atomic E-state index is 12.3. The van der Waals surface area contributed by atoms with E-state index in [-0.39, 0.29) is 6.04 Å². The molecule has 5 nitrogen and oxygen atoms in total. The standard InChI is InChI=1S/C14H24N2O3/c1-14(2,3)19-13(18)16-10-7-5-4-6-9(10)8-11(16)12(15)17/h9-11H,4-8H2,1-3H3,(H2,15,17). The van der Waals surface area contributed by atoms with Gasteiger partial charge in [0, 0.05) is 6.04 Å². The quantitative estimate of drug-likeness (QED) is 0.791. The number of primary amides is 1. The van der Waals surface area contributed by atoms with Gasteiger partial charge in [0.15, 0.2) is 0 Å². The van der Waals surface area contributed by atoms with Crippen LogP contribution in [0.1, 0.15) is 52.9 Å². The molecular formula is C14H24N2O3. The molecule has 5 heteroatoms. The summed E-state index contributed by atoms with van der Waals surface area (Å²) in [5, 5.41) is 0. The fourth-order valence-corrected chi connectivity index (χ4v) is 3.29. The Labute approximate surface area is 114 Å². The van der Waals surface area contributed by atoms with E-state index in [1.165, 1.54) is 6.42 Å². The summed E-state index contributed by atoms with van der Waals surface area (Å²) in [5.74, 6) is -0.0148. The highest BCUT2D eigenvalue weighted by Crippen LogP contribution is 2.40. The van der Waals surface area contributed by atoms with E-state index in [9.17, 15) is 9.59 Å². The number of carbonyl (C=O) groups is 2. The minimum Gasteiger partial charge on any atom is -0.444 e. The molecule has 2 amide bonds. The van der Waals surface area contributed by atoms with E-state index in [1.807, 2.05) is 20.8 Å². The number of hydrogen-bond donors (Lipinski definition) is 1. The topological polar surface area (TPSA) is 72.6 Å². The lowest BCUT2D eigenvalue weighted by Gasteiger charge is -2.34. The van der Waals surface area contributed by atoms with Gasteiger partial charge in [-0.3, -0.25) is 9.69 Å². The second kappa shape index (κ2) is 5.02. The van der Waals surface area contributed by atoms with Crippen LogP contribution >= 0.6 is 0 Å². The van der Waals surface area contributed by atoms with Gasteiger partial charge in [0.2, 0.25) is 5.91 Å². The van der Waals surface area contributed by atoms with Gasteiger partial charge in [0.25, 0.3) is 0 Å². The fraction of sp³-hybridized carbons (Fsp3) is 0.857. The number of hydrogen-bond acceptors (Lipinski definition) is 3. The van der Waals surface area contributed by atoms with Crippen molar-refractivity contribution in [3.63, 3.8) is 0 Å². The number of carbonyl (C=O) groups excluding carboxylic acids is 2. The van der Waals surface area contributed by atoms with E-state index in [1.54, 1.807) is 4.90 Å². The average molecular weight is 268 g/mol. The molecule has 0 aromatic heterocycles. The minimum absolute atomic E-state index is 0.126. The van der Waals surface area contributed by atoms with Gasteiger partial charge < -0.3 is 10.5 Å². The Kier molecular flexibility index (Phi) is 3.74. The number of rotatable bonds is 1. The highest BCUT2D eigenvalue weighted by Gasteiger charge is 2.48. The molecule has 1 heterocycles. The van der Waals surface area contributed by atoms with Gasteiger partial charge in [-0.15, -0.1) is 0 Å². The molecule has 3 unspecified atom stereocenters. The molecule has 1 saturated carbocycles. The Morgan fingerprint density at radius 2 is 1.84 bits per heavy atom. The molecule has 108 valence electrons. The summed E-state index contributed by atoms with van der Waals surface area (Å²) in [6.45, 7) is 5.50. The van der Waals surface area contributed by atoms with E-state index >= 15 is 0 Å². The zero-order valence-corrected chi connectivity index (χ0v) is 12.0. The Hall–Kier alpha value is -1.26. The van der Waals surface area contributed by atoms with Crippen LogP contribution in [0.3, 0.4) is 0 Å². The van der Waals surface area contributed by atoms with Gasteiger partial charge in [-0.25, -0.2) is 4.79 Å². The van der Waals surface area contributed by atoms with Crippen molar-refractivity contribution in [2.24, 2.45) is 11.7 Å². The number of amides is 2. The summed E-state index contributed by atoms with van der Waals surface area (Å²) in [7, 11) is 0. The van der Waals surface area contributed by atoms with Crippen LogP contribution in [0.15, 0.2) is 0 Å². The SMILES string of the molecule is CC(C)(C)OC(=O)N1C(C(N)=O)CC2CCCCC21. The number of nitrogens with two attached hydrogens (primary N) is 1. The first kappa shape index (κ1) is 14.2. The van der Waals surface area contributed by atoms with Crippen molar-refractivity contribution >= 4 is 12.0 Å². The number of likely N-dealkylation sites (tertiary alicyclic amines) is 1. The van der Waals surface area contributed by atoms with E-state index < -0.39 is 23.6 Å². The molecule has 2 aliphatic rings. The molecule has 0 radical (unpaired) electrons. The second-order valence-electron chi connectivity index (χ2n) is 6.65. The summed E-state index contributed by atoms with van der Waals surface area (Å²) in [6.07, 6.45) is 4.60. The number of ether oxygens (including phenoxy) is 1. The van der Waals surface area contributed by atoms with Gasteiger partial charge in [-0.05, 0) is 46.0 Å². The molecule has 2 rings (SSSR count). The maximum absolute atomic E-state index is 12.3. The Bertz CT molecular complexity index is 375. The highest BCUT2D eigenvalue weighted by molar-refractivity contribution is 5.85.